The van der Waals surface area contributed by atoms with E-state index < -0.39 is 88.1 Å². The molecule has 17 heteroatoms. The Kier molecular flexibility index (Phi) is 8.06. The molecule has 1 aliphatic heterocycles. The van der Waals surface area contributed by atoms with Crippen molar-refractivity contribution in [3.05, 3.63) is 53.1 Å². The van der Waals surface area contributed by atoms with Gasteiger partial charge in [-0.3, -0.25) is 14.3 Å². The highest BCUT2D eigenvalue weighted by Crippen LogP contribution is 2.49. The zero-order chi connectivity index (χ0) is 29.4. The molecular formula is C22H21F7N4O5S. The summed E-state index contributed by atoms with van der Waals surface area (Å²) in [5.74, 6) is -5.03. The number of halogens is 7. The number of benzene rings is 1. The first-order chi connectivity index (χ1) is 17.8. The van der Waals surface area contributed by atoms with E-state index in [-0.39, 0.29) is 11.4 Å². The number of carbonyl (C=O) groups excluding carboxylic acids is 2. The molecule has 0 unspecified atom stereocenters. The van der Waals surface area contributed by atoms with E-state index in [0.29, 0.717) is 18.4 Å². The van der Waals surface area contributed by atoms with Crippen LogP contribution in [0, 0.1) is 5.82 Å². The van der Waals surface area contributed by atoms with Crippen LogP contribution in [-0.2, 0) is 32.2 Å². The molecule has 0 bridgehead atoms. The maximum absolute atomic E-state index is 15.1. The van der Waals surface area contributed by atoms with Crippen molar-refractivity contribution in [1.82, 2.24) is 19.8 Å². The number of amides is 2. The molecule has 1 aromatic heterocycles. The number of aromatic nitrogens is 2. The van der Waals surface area contributed by atoms with E-state index in [9.17, 15) is 44.3 Å². The Morgan fingerprint density at radius 1 is 1.21 bits per heavy atom. The van der Waals surface area contributed by atoms with Crippen molar-refractivity contribution in [2.75, 3.05) is 12.9 Å². The summed E-state index contributed by atoms with van der Waals surface area (Å²) >= 11 is 0. The van der Waals surface area contributed by atoms with Gasteiger partial charge >= 0.3 is 12.4 Å². The highest BCUT2D eigenvalue weighted by molar-refractivity contribution is 7.89. The van der Waals surface area contributed by atoms with Crippen molar-refractivity contribution >= 4 is 27.4 Å². The molecule has 1 aliphatic rings. The maximum atomic E-state index is 15.1. The first-order valence-corrected chi connectivity index (χ1v) is 12.9. The van der Waals surface area contributed by atoms with Crippen LogP contribution < -0.4 is 14.8 Å². The van der Waals surface area contributed by atoms with Crippen LogP contribution in [0.5, 0.6) is 5.75 Å². The second kappa shape index (κ2) is 10.5. The molecule has 1 aromatic carbocycles. The van der Waals surface area contributed by atoms with Crippen LogP contribution in [0.25, 0.3) is 5.57 Å². The Hall–Kier alpha value is -3.63. The topological polar surface area (TPSA) is 119 Å². The second-order valence-electron chi connectivity index (χ2n) is 8.67. The molecule has 2 heterocycles. The summed E-state index contributed by atoms with van der Waals surface area (Å²) < 4.78 is 127. The monoisotopic (exact) mass is 586 g/mol. The van der Waals surface area contributed by atoms with E-state index in [1.165, 1.54) is 24.0 Å². The number of alkyl halides is 6. The fraction of sp³-hybridized carbons (Fsp3) is 0.409. The van der Waals surface area contributed by atoms with E-state index >= 15 is 4.39 Å². The van der Waals surface area contributed by atoms with Crippen molar-refractivity contribution in [3.8, 4) is 5.75 Å². The number of aryl methyl sites for hydroxylation is 1. The summed E-state index contributed by atoms with van der Waals surface area (Å²) in [6, 6.07) is 3.25. The maximum Gasteiger partial charge on any atom is 0.416 e. The number of sulfonamides is 1. The zero-order valence-electron chi connectivity index (χ0n) is 20.2. The number of hydrogen-bond acceptors (Lipinski definition) is 6. The molecule has 1 atom stereocenters. The van der Waals surface area contributed by atoms with Gasteiger partial charge in [0, 0.05) is 43.3 Å². The number of nitrogens with one attached hydrogen (secondary N) is 2. The molecule has 214 valence electrons. The normalized spacial score (nSPS) is 18.6. The van der Waals surface area contributed by atoms with Gasteiger partial charge in [-0.2, -0.15) is 31.4 Å². The minimum atomic E-state index is -5.36. The van der Waals surface area contributed by atoms with Gasteiger partial charge < -0.3 is 10.1 Å². The smallest absolute Gasteiger partial charge is 0.416 e. The third-order valence-corrected chi connectivity index (χ3v) is 6.14. The molecule has 0 radical (unpaired) electrons. The van der Waals surface area contributed by atoms with Crippen molar-refractivity contribution in [2.24, 2.45) is 7.05 Å². The van der Waals surface area contributed by atoms with Gasteiger partial charge in [0.25, 0.3) is 11.8 Å². The fourth-order valence-corrected chi connectivity index (χ4v) is 4.36. The zero-order valence-corrected chi connectivity index (χ0v) is 21.0. The van der Waals surface area contributed by atoms with Crippen LogP contribution in [0.1, 0.15) is 30.5 Å². The van der Waals surface area contributed by atoms with Crippen molar-refractivity contribution < 1.29 is 53.5 Å². The summed E-state index contributed by atoms with van der Waals surface area (Å²) in [7, 11) is -2.84. The SMILES string of the molecule is Cn1ccc(C2=C(C(=O)NS(C)(=O)=O)C(=O)N[C@@](c3ccc(OCCCC(F)(F)F)cc3F)(C(F)(F)F)C2)n1. The fourth-order valence-electron chi connectivity index (χ4n) is 3.93. The van der Waals surface area contributed by atoms with Gasteiger partial charge in [-0.25, -0.2) is 17.5 Å². The Morgan fingerprint density at radius 2 is 1.87 bits per heavy atom. The van der Waals surface area contributed by atoms with Gasteiger partial charge in [0.1, 0.15) is 17.1 Å². The third kappa shape index (κ3) is 6.88. The Morgan fingerprint density at radius 3 is 2.38 bits per heavy atom. The van der Waals surface area contributed by atoms with Gasteiger partial charge in [-0.05, 0) is 24.6 Å². The molecule has 3 rings (SSSR count). The van der Waals surface area contributed by atoms with Crippen LogP contribution in [0.3, 0.4) is 0 Å². The first kappa shape index (κ1) is 29.9. The molecule has 0 saturated carbocycles. The van der Waals surface area contributed by atoms with Crippen LogP contribution in [0.4, 0.5) is 30.7 Å². The molecule has 0 aliphatic carbocycles. The lowest BCUT2D eigenvalue weighted by Crippen LogP contribution is -2.60. The number of nitrogens with zero attached hydrogens (tertiary/aromatic N) is 2. The highest BCUT2D eigenvalue weighted by Gasteiger charge is 2.61. The van der Waals surface area contributed by atoms with Gasteiger partial charge in [0.15, 0.2) is 5.54 Å². The van der Waals surface area contributed by atoms with Crippen LogP contribution >= 0.6 is 0 Å². The van der Waals surface area contributed by atoms with Crippen LogP contribution in [-0.4, -0.2) is 55.2 Å². The summed E-state index contributed by atoms with van der Waals surface area (Å²) in [6.45, 7) is -0.495. The van der Waals surface area contributed by atoms with Crippen LogP contribution in [0.2, 0.25) is 0 Å². The Bertz CT molecular complexity index is 1420. The Labute approximate surface area is 217 Å². The molecule has 2 N–H and O–H groups in total. The van der Waals surface area contributed by atoms with E-state index in [1.807, 2.05) is 0 Å². The van der Waals surface area contributed by atoms with E-state index in [4.69, 9.17) is 4.74 Å². The highest BCUT2D eigenvalue weighted by atomic mass is 32.2. The average molecular weight is 586 g/mol. The molecule has 0 saturated heterocycles. The summed E-state index contributed by atoms with van der Waals surface area (Å²) in [6.07, 6.45) is -10.9. The Balaban J connectivity index is 2.08. The van der Waals surface area contributed by atoms with Gasteiger partial charge in [0.05, 0.1) is 18.6 Å². The quantitative estimate of drug-likeness (QED) is 0.279. The standard InChI is InChI=1S/C22H21F7N4O5S/c1-33-8-6-16(31-33)13-11-20(22(27,28)29,30-18(34)17(13)19(35)32-39(2,36)37)14-5-4-12(10-15(14)23)38-9-3-7-21(24,25)26/h4-6,8,10H,3,7,9,11H2,1-2H3,(H,30,34)(H,32,35)/t20-/m0/s1. The van der Waals surface area contributed by atoms with Crippen molar-refractivity contribution in [2.45, 2.75) is 37.2 Å². The molecule has 2 amide bonds. The summed E-state index contributed by atoms with van der Waals surface area (Å²) in [5.41, 5.74) is -6.37. The minimum Gasteiger partial charge on any atom is -0.493 e. The van der Waals surface area contributed by atoms with E-state index in [0.717, 1.165) is 10.7 Å². The summed E-state index contributed by atoms with van der Waals surface area (Å²) in [5, 5.41) is 5.54. The third-order valence-electron chi connectivity index (χ3n) is 5.58. The van der Waals surface area contributed by atoms with Crippen LogP contribution in [0.15, 0.2) is 36.0 Å². The lowest BCUT2D eigenvalue weighted by molar-refractivity contribution is -0.202. The number of carbonyl (C=O) groups is 2. The largest absolute Gasteiger partial charge is 0.493 e. The van der Waals surface area contributed by atoms with Crippen molar-refractivity contribution in [1.29, 1.82) is 0 Å². The second-order valence-corrected chi connectivity index (χ2v) is 10.4. The predicted molar refractivity (Wildman–Crippen MR) is 121 cm³/mol. The first-order valence-electron chi connectivity index (χ1n) is 11.0. The van der Waals surface area contributed by atoms with Gasteiger partial charge in [-0.1, -0.05) is 0 Å². The minimum absolute atomic E-state index is 0.273. The number of hydrogen-bond donors (Lipinski definition) is 2. The average Bonchev–Trinajstić information content (AvgIpc) is 3.19. The van der Waals surface area contributed by atoms with E-state index in [2.05, 4.69) is 5.10 Å². The van der Waals surface area contributed by atoms with Crippen molar-refractivity contribution in [3.63, 3.8) is 0 Å². The number of ether oxygens (including phenoxy) is 1. The predicted octanol–water partition coefficient (Wildman–Crippen LogP) is 3.09. The lowest BCUT2D eigenvalue weighted by atomic mass is 9.77. The molecule has 0 spiro atoms. The molecule has 9 nitrogen and oxygen atoms in total. The van der Waals surface area contributed by atoms with Gasteiger partial charge in [-0.15, -0.1) is 0 Å². The molecular weight excluding hydrogens is 565 g/mol. The molecule has 0 fully saturated rings. The van der Waals surface area contributed by atoms with E-state index in [1.54, 1.807) is 5.32 Å². The molecule has 39 heavy (non-hydrogen) atoms. The summed E-state index contributed by atoms with van der Waals surface area (Å²) in [4.78, 5) is 25.6. The number of rotatable bonds is 8. The lowest BCUT2D eigenvalue weighted by Gasteiger charge is -2.41. The molecule has 2 aromatic rings. The van der Waals surface area contributed by atoms with Gasteiger partial charge in [0.2, 0.25) is 10.0 Å².